The summed E-state index contributed by atoms with van der Waals surface area (Å²) < 4.78 is 6.58. The first-order valence-corrected chi connectivity index (χ1v) is 10.2. The number of hydrogen-bond acceptors (Lipinski definition) is 1. The van der Waals surface area contributed by atoms with Gasteiger partial charge in [0.15, 0.2) is 0 Å². The maximum Gasteiger partial charge on any atom is 0.0857 e. The van der Waals surface area contributed by atoms with Gasteiger partial charge in [-0.05, 0) is 66.7 Å². The van der Waals surface area contributed by atoms with E-state index >= 15 is 0 Å². The highest BCUT2D eigenvalue weighted by atomic mass is 16.5. The summed E-state index contributed by atoms with van der Waals surface area (Å²) in [5.41, 5.74) is 6.83. The van der Waals surface area contributed by atoms with Crippen molar-refractivity contribution in [3.05, 3.63) is 70.3 Å². The molecule has 1 saturated heterocycles. The third-order valence-corrected chi connectivity index (χ3v) is 6.66. The molecule has 3 rings (SSSR count). The summed E-state index contributed by atoms with van der Waals surface area (Å²) in [5.74, 6) is 1.85. The van der Waals surface area contributed by atoms with E-state index in [9.17, 15) is 0 Å². The summed E-state index contributed by atoms with van der Waals surface area (Å²) in [5, 5.41) is 0. The lowest BCUT2D eigenvalue weighted by Gasteiger charge is -2.44. The summed E-state index contributed by atoms with van der Waals surface area (Å²) in [7, 11) is 0. The van der Waals surface area contributed by atoms with Gasteiger partial charge in [-0.1, -0.05) is 75.7 Å². The highest BCUT2D eigenvalue weighted by Gasteiger charge is 2.38. The van der Waals surface area contributed by atoms with Crippen LogP contribution in [0, 0.1) is 31.6 Å². The Bertz CT molecular complexity index is 728. The van der Waals surface area contributed by atoms with Gasteiger partial charge in [0.1, 0.15) is 0 Å². The van der Waals surface area contributed by atoms with Gasteiger partial charge < -0.3 is 4.74 Å². The van der Waals surface area contributed by atoms with Crippen LogP contribution < -0.4 is 0 Å². The first-order valence-electron chi connectivity index (χ1n) is 10.2. The molecule has 1 aliphatic rings. The molecule has 0 bridgehead atoms. The fourth-order valence-electron chi connectivity index (χ4n) is 4.36. The van der Waals surface area contributed by atoms with Crippen molar-refractivity contribution in [2.75, 3.05) is 0 Å². The highest BCUT2D eigenvalue weighted by Crippen LogP contribution is 2.43. The second-order valence-corrected chi connectivity index (χ2v) is 8.43. The first kappa shape index (κ1) is 19.2. The summed E-state index contributed by atoms with van der Waals surface area (Å²) in [6.45, 7) is 13.7. The van der Waals surface area contributed by atoms with Gasteiger partial charge in [-0.2, -0.15) is 0 Å². The molecular weight excluding hydrogens is 316 g/mol. The lowest BCUT2D eigenvalue weighted by atomic mass is 9.74. The molecule has 0 unspecified atom stereocenters. The molecule has 0 aliphatic carbocycles. The van der Waals surface area contributed by atoms with E-state index in [1.165, 1.54) is 27.8 Å². The SMILES string of the molecule is CC[C@H]1O[C@@H](c2ccc(C)c(Cc3ccc(C)cc3)c2)[C@H](C)[C@@H](C)[C@@H]1C. The molecule has 0 amide bonds. The molecule has 1 aliphatic heterocycles. The maximum atomic E-state index is 6.58. The van der Waals surface area contributed by atoms with Crippen LogP contribution in [0.4, 0.5) is 0 Å². The number of benzene rings is 2. The molecule has 1 nitrogen and oxygen atoms in total. The molecule has 1 heteroatoms. The maximum absolute atomic E-state index is 6.58. The minimum atomic E-state index is 0.212. The van der Waals surface area contributed by atoms with Crippen molar-refractivity contribution in [1.82, 2.24) is 0 Å². The average Bonchev–Trinajstić information content (AvgIpc) is 2.64. The van der Waals surface area contributed by atoms with Crippen LogP contribution in [0.5, 0.6) is 0 Å². The molecule has 0 aromatic heterocycles. The van der Waals surface area contributed by atoms with Crippen LogP contribution in [0.25, 0.3) is 0 Å². The monoisotopic (exact) mass is 350 g/mol. The molecule has 1 fully saturated rings. The topological polar surface area (TPSA) is 9.23 Å². The normalized spacial score (nSPS) is 28.9. The average molecular weight is 351 g/mol. The Balaban J connectivity index is 1.87. The van der Waals surface area contributed by atoms with Gasteiger partial charge in [0.2, 0.25) is 0 Å². The largest absolute Gasteiger partial charge is 0.370 e. The quantitative estimate of drug-likeness (QED) is 0.599. The first-order chi connectivity index (χ1) is 12.4. The van der Waals surface area contributed by atoms with Crippen molar-refractivity contribution in [3.8, 4) is 0 Å². The highest BCUT2D eigenvalue weighted by molar-refractivity contribution is 5.37. The van der Waals surface area contributed by atoms with E-state index in [1.807, 2.05) is 0 Å². The zero-order valence-corrected chi connectivity index (χ0v) is 17.3. The van der Waals surface area contributed by atoms with Crippen LogP contribution in [0.1, 0.15) is 68.0 Å². The van der Waals surface area contributed by atoms with Crippen molar-refractivity contribution >= 4 is 0 Å². The van der Waals surface area contributed by atoms with Crippen molar-refractivity contribution < 1.29 is 4.74 Å². The molecule has 0 spiro atoms. The van der Waals surface area contributed by atoms with Gasteiger partial charge in [0, 0.05) is 0 Å². The van der Waals surface area contributed by atoms with E-state index in [1.54, 1.807) is 0 Å². The van der Waals surface area contributed by atoms with Crippen molar-refractivity contribution in [2.24, 2.45) is 17.8 Å². The van der Waals surface area contributed by atoms with E-state index in [-0.39, 0.29) is 6.10 Å². The predicted molar refractivity (Wildman–Crippen MR) is 111 cm³/mol. The summed E-state index contributed by atoms with van der Waals surface area (Å²) in [6.07, 6.45) is 2.66. The van der Waals surface area contributed by atoms with Crippen LogP contribution in [0.15, 0.2) is 42.5 Å². The molecule has 2 aromatic rings. The predicted octanol–water partition coefficient (Wildman–Crippen LogP) is 6.65. The Kier molecular flexibility index (Phi) is 5.87. The zero-order valence-electron chi connectivity index (χ0n) is 17.3. The molecule has 0 saturated carbocycles. The molecule has 0 N–H and O–H groups in total. The summed E-state index contributed by atoms with van der Waals surface area (Å²) in [6, 6.07) is 15.9. The fraction of sp³-hybridized carbons (Fsp3) is 0.520. The molecular formula is C25H34O. The molecule has 5 atom stereocenters. The van der Waals surface area contributed by atoms with Crippen molar-refractivity contribution in [2.45, 2.75) is 66.6 Å². The van der Waals surface area contributed by atoms with Crippen LogP contribution in [0.2, 0.25) is 0 Å². The van der Waals surface area contributed by atoms with Crippen LogP contribution in [0.3, 0.4) is 0 Å². The lowest BCUT2D eigenvalue weighted by Crippen LogP contribution is -2.40. The van der Waals surface area contributed by atoms with Gasteiger partial charge in [-0.15, -0.1) is 0 Å². The van der Waals surface area contributed by atoms with Gasteiger partial charge in [0.25, 0.3) is 0 Å². The Hall–Kier alpha value is -1.60. The minimum absolute atomic E-state index is 0.212. The second-order valence-electron chi connectivity index (χ2n) is 8.43. The number of aryl methyl sites for hydroxylation is 2. The summed E-state index contributed by atoms with van der Waals surface area (Å²) in [4.78, 5) is 0. The van der Waals surface area contributed by atoms with Gasteiger partial charge >= 0.3 is 0 Å². The molecule has 2 aromatic carbocycles. The van der Waals surface area contributed by atoms with E-state index in [4.69, 9.17) is 4.74 Å². The minimum Gasteiger partial charge on any atom is -0.370 e. The third-order valence-electron chi connectivity index (χ3n) is 6.66. The van der Waals surface area contributed by atoms with Crippen molar-refractivity contribution in [3.63, 3.8) is 0 Å². The molecule has 0 radical (unpaired) electrons. The Morgan fingerprint density at radius 2 is 1.54 bits per heavy atom. The van der Waals surface area contributed by atoms with Crippen LogP contribution in [-0.2, 0) is 11.2 Å². The number of rotatable bonds is 4. The summed E-state index contributed by atoms with van der Waals surface area (Å²) >= 11 is 0. The molecule has 1 heterocycles. The van der Waals surface area contributed by atoms with Gasteiger partial charge in [-0.25, -0.2) is 0 Å². The van der Waals surface area contributed by atoms with Gasteiger partial charge in [0.05, 0.1) is 12.2 Å². The smallest absolute Gasteiger partial charge is 0.0857 e. The molecule has 26 heavy (non-hydrogen) atoms. The number of ether oxygens (including phenoxy) is 1. The zero-order chi connectivity index (χ0) is 18.8. The second kappa shape index (κ2) is 7.96. The third kappa shape index (κ3) is 3.88. The standard InChI is InChI=1S/C25H34O/c1-7-24-19(5)18(4)20(6)25(26-24)22-13-10-17(3)23(15-22)14-21-11-8-16(2)9-12-21/h8-13,15,18-20,24-25H,7,14H2,1-6H3/t18-,19-,20+,24+,25+/m0/s1. The lowest BCUT2D eigenvalue weighted by molar-refractivity contribution is -0.136. The van der Waals surface area contributed by atoms with Crippen LogP contribution >= 0.6 is 0 Å². The van der Waals surface area contributed by atoms with E-state index < -0.39 is 0 Å². The van der Waals surface area contributed by atoms with E-state index in [2.05, 4.69) is 84.0 Å². The molecule has 140 valence electrons. The van der Waals surface area contributed by atoms with E-state index in [0.717, 1.165) is 12.8 Å². The van der Waals surface area contributed by atoms with Gasteiger partial charge in [-0.3, -0.25) is 0 Å². The Morgan fingerprint density at radius 1 is 0.846 bits per heavy atom. The Morgan fingerprint density at radius 3 is 2.19 bits per heavy atom. The fourth-order valence-corrected chi connectivity index (χ4v) is 4.36. The van der Waals surface area contributed by atoms with E-state index in [0.29, 0.717) is 23.9 Å². The number of hydrogen-bond donors (Lipinski definition) is 0. The Labute approximate surface area is 159 Å². The van der Waals surface area contributed by atoms with Crippen molar-refractivity contribution in [1.29, 1.82) is 0 Å². The van der Waals surface area contributed by atoms with Crippen LogP contribution in [-0.4, -0.2) is 6.10 Å².